The SMILES string of the molecule is CCC(CC)n1ccc(CN[C@H](C)c2cccnc2)n1. The van der Waals surface area contributed by atoms with Gasteiger partial charge in [-0.3, -0.25) is 9.67 Å². The second-order valence-corrected chi connectivity index (χ2v) is 5.15. The van der Waals surface area contributed by atoms with Gasteiger partial charge in [-0.1, -0.05) is 19.9 Å². The molecule has 0 aromatic carbocycles. The summed E-state index contributed by atoms with van der Waals surface area (Å²) in [4.78, 5) is 4.15. The van der Waals surface area contributed by atoms with Crippen molar-refractivity contribution in [1.82, 2.24) is 20.1 Å². The number of nitrogens with zero attached hydrogens (tertiary/aromatic N) is 3. The molecule has 0 radical (unpaired) electrons. The molecule has 0 aliphatic carbocycles. The second kappa shape index (κ2) is 7.20. The van der Waals surface area contributed by atoms with E-state index in [1.807, 2.05) is 12.3 Å². The minimum Gasteiger partial charge on any atom is -0.304 e. The highest BCUT2D eigenvalue weighted by Crippen LogP contribution is 2.15. The Morgan fingerprint density at radius 1 is 1.25 bits per heavy atom. The predicted octanol–water partition coefficient (Wildman–Crippen LogP) is 3.49. The van der Waals surface area contributed by atoms with E-state index in [9.17, 15) is 0 Å². The van der Waals surface area contributed by atoms with Crippen molar-refractivity contribution in [3.05, 3.63) is 48.0 Å². The number of aromatic nitrogens is 3. The summed E-state index contributed by atoms with van der Waals surface area (Å²) >= 11 is 0. The molecule has 4 heteroatoms. The van der Waals surface area contributed by atoms with Crippen LogP contribution >= 0.6 is 0 Å². The van der Waals surface area contributed by atoms with Crippen molar-refractivity contribution >= 4 is 0 Å². The first-order chi connectivity index (χ1) is 9.74. The van der Waals surface area contributed by atoms with Gasteiger partial charge in [-0.25, -0.2) is 0 Å². The summed E-state index contributed by atoms with van der Waals surface area (Å²) in [5.41, 5.74) is 2.29. The Hall–Kier alpha value is -1.68. The molecule has 108 valence electrons. The Morgan fingerprint density at radius 3 is 2.70 bits per heavy atom. The fourth-order valence-corrected chi connectivity index (χ4v) is 2.35. The van der Waals surface area contributed by atoms with E-state index in [0.29, 0.717) is 6.04 Å². The van der Waals surface area contributed by atoms with Crippen LogP contribution in [0, 0.1) is 0 Å². The smallest absolute Gasteiger partial charge is 0.0762 e. The first-order valence-corrected chi connectivity index (χ1v) is 7.41. The molecule has 1 atom stereocenters. The van der Waals surface area contributed by atoms with Crippen LogP contribution in [0.25, 0.3) is 0 Å². The van der Waals surface area contributed by atoms with E-state index < -0.39 is 0 Å². The number of hydrogen-bond donors (Lipinski definition) is 1. The van der Waals surface area contributed by atoms with Gasteiger partial charge in [0.15, 0.2) is 0 Å². The van der Waals surface area contributed by atoms with E-state index in [2.05, 4.69) is 59.2 Å². The van der Waals surface area contributed by atoms with Crippen LogP contribution in [0.5, 0.6) is 0 Å². The van der Waals surface area contributed by atoms with Crippen LogP contribution < -0.4 is 5.32 Å². The van der Waals surface area contributed by atoms with Crippen molar-refractivity contribution in [3.63, 3.8) is 0 Å². The summed E-state index contributed by atoms with van der Waals surface area (Å²) in [6.45, 7) is 7.34. The summed E-state index contributed by atoms with van der Waals surface area (Å²) in [5.74, 6) is 0. The molecule has 0 aliphatic heterocycles. The zero-order valence-electron chi connectivity index (χ0n) is 12.6. The van der Waals surface area contributed by atoms with Crippen molar-refractivity contribution in [2.45, 2.75) is 52.2 Å². The number of pyridine rings is 1. The van der Waals surface area contributed by atoms with Crippen LogP contribution in [-0.2, 0) is 6.54 Å². The molecule has 0 unspecified atom stereocenters. The zero-order valence-corrected chi connectivity index (χ0v) is 12.6. The number of rotatable bonds is 7. The van der Waals surface area contributed by atoms with Crippen molar-refractivity contribution < 1.29 is 0 Å². The first-order valence-electron chi connectivity index (χ1n) is 7.41. The van der Waals surface area contributed by atoms with E-state index in [4.69, 9.17) is 0 Å². The van der Waals surface area contributed by atoms with E-state index in [0.717, 1.165) is 25.1 Å². The van der Waals surface area contributed by atoms with Gasteiger partial charge < -0.3 is 5.32 Å². The van der Waals surface area contributed by atoms with Gasteiger partial charge in [-0.05, 0) is 37.5 Å². The molecule has 0 amide bonds. The summed E-state index contributed by atoms with van der Waals surface area (Å²) in [5, 5.41) is 8.14. The van der Waals surface area contributed by atoms with Gasteiger partial charge in [-0.15, -0.1) is 0 Å². The van der Waals surface area contributed by atoms with E-state index in [1.54, 1.807) is 6.20 Å². The zero-order chi connectivity index (χ0) is 14.4. The highest BCUT2D eigenvalue weighted by Gasteiger charge is 2.09. The molecule has 2 aromatic rings. The van der Waals surface area contributed by atoms with Crippen LogP contribution in [0.1, 0.15) is 57.0 Å². The minimum absolute atomic E-state index is 0.280. The maximum Gasteiger partial charge on any atom is 0.0762 e. The maximum absolute atomic E-state index is 4.66. The predicted molar refractivity (Wildman–Crippen MR) is 81.3 cm³/mol. The van der Waals surface area contributed by atoms with Gasteiger partial charge in [0.2, 0.25) is 0 Å². The first kappa shape index (κ1) is 14.7. The van der Waals surface area contributed by atoms with E-state index in [-0.39, 0.29) is 6.04 Å². The van der Waals surface area contributed by atoms with Crippen LogP contribution in [0.2, 0.25) is 0 Å². The van der Waals surface area contributed by atoms with Gasteiger partial charge >= 0.3 is 0 Å². The van der Waals surface area contributed by atoms with Gasteiger partial charge in [0.05, 0.1) is 11.7 Å². The third kappa shape index (κ3) is 3.67. The minimum atomic E-state index is 0.280. The van der Waals surface area contributed by atoms with Crippen molar-refractivity contribution in [2.24, 2.45) is 0 Å². The van der Waals surface area contributed by atoms with Gasteiger partial charge in [0.25, 0.3) is 0 Å². The largest absolute Gasteiger partial charge is 0.304 e. The normalized spacial score (nSPS) is 12.8. The molecule has 0 aliphatic rings. The molecule has 0 saturated carbocycles. The fourth-order valence-electron chi connectivity index (χ4n) is 2.35. The monoisotopic (exact) mass is 272 g/mol. The van der Waals surface area contributed by atoms with Gasteiger partial charge in [-0.2, -0.15) is 5.10 Å². The molecule has 2 rings (SSSR count). The highest BCUT2D eigenvalue weighted by molar-refractivity contribution is 5.13. The lowest BCUT2D eigenvalue weighted by Gasteiger charge is -2.14. The van der Waals surface area contributed by atoms with Gasteiger partial charge in [0.1, 0.15) is 0 Å². The van der Waals surface area contributed by atoms with Crippen molar-refractivity contribution in [2.75, 3.05) is 0 Å². The Balaban J connectivity index is 1.91. The molecule has 0 saturated heterocycles. The quantitative estimate of drug-likeness (QED) is 0.839. The molecular formula is C16H24N4. The maximum atomic E-state index is 4.66. The molecule has 20 heavy (non-hydrogen) atoms. The van der Waals surface area contributed by atoms with Crippen LogP contribution in [0.15, 0.2) is 36.8 Å². The molecule has 1 N–H and O–H groups in total. The Bertz CT molecular complexity index is 502. The average Bonchev–Trinajstić information content (AvgIpc) is 2.96. The lowest BCUT2D eigenvalue weighted by Crippen LogP contribution is -2.19. The third-order valence-electron chi connectivity index (χ3n) is 3.75. The molecular weight excluding hydrogens is 248 g/mol. The molecule has 0 bridgehead atoms. The summed E-state index contributed by atoms with van der Waals surface area (Å²) in [6.07, 6.45) is 8.03. The molecule has 2 aromatic heterocycles. The van der Waals surface area contributed by atoms with Crippen LogP contribution in [0.3, 0.4) is 0 Å². The molecule has 0 spiro atoms. The van der Waals surface area contributed by atoms with E-state index in [1.165, 1.54) is 5.56 Å². The summed E-state index contributed by atoms with van der Waals surface area (Å²) in [7, 11) is 0. The van der Waals surface area contributed by atoms with E-state index >= 15 is 0 Å². The standard InChI is InChI=1S/C16H24N4/c1-4-16(5-2)20-10-8-15(19-20)12-18-13(3)14-7-6-9-17-11-14/h6-11,13,16,18H,4-5,12H2,1-3H3/t13-/m1/s1. The third-order valence-corrected chi connectivity index (χ3v) is 3.75. The Kier molecular flexibility index (Phi) is 5.30. The Morgan fingerprint density at radius 2 is 2.05 bits per heavy atom. The number of nitrogens with one attached hydrogen (secondary N) is 1. The van der Waals surface area contributed by atoms with Crippen molar-refractivity contribution in [3.8, 4) is 0 Å². The van der Waals surface area contributed by atoms with Gasteiger partial charge in [0, 0.05) is 31.2 Å². The molecule has 4 nitrogen and oxygen atoms in total. The van der Waals surface area contributed by atoms with Crippen molar-refractivity contribution in [1.29, 1.82) is 0 Å². The molecule has 0 fully saturated rings. The number of hydrogen-bond acceptors (Lipinski definition) is 3. The Labute approximate surface area is 121 Å². The second-order valence-electron chi connectivity index (χ2n) is 5.15. The summed E-state index contributed by atoms with van der Waals surface area (Å²) in [6, 6.07) is 6.95. The molecule has 2 heterocycles. The van der Waals surface area contributed by atoms with Crippen LogP contribution in [-0.4, -0.2) is 14.8 Å². The lowest BCUT2D eigenvalue weighted by atomic mass is 10.1. The van der Waals surface area contributed by atoms with Crippen LogP contribution in [0.4, 0.5) is 0 Å². The summed E-state index contributed by atoms with van der Waals surface area (Å²) < 4.78 is 2.09. The topological polar surface area (TPSA) is 42.7 Å². The average molecular weight is 272 g/mol. The lowest BCUT2D eigenvalue weighted by molar-refractivity contribution is 0.423. The fraction of sp³-hybridized carbons (Fsp3) is 0.500. The highest BCUT2D eigenvalue weighted by atomic mass is 15.3.